The first-order valence-electron chi connectivity index (χ1n) is 9.73. The first-order valence-corrected chi connectivity index (χ1v) is 9.73. The molecule has 2 heterocycles. The van der Waals surface area contributed by atoms with Gasteiger partial charge in [0, 0.05) is 39.0 Å². The van der Waals surface area contributed by atoms with Crippen molar-refractivity contribution in [2.45, 2.75) is 27.3 Å². The number of likely N-dealkylation sites (tertiary alicyclic amines) is 1. The van der Waals surface area contributed by atoms with E-state index in [1.807, 2.05) is 53.5 Å². The molecular formula is C21H30N4O2. The van der Waals surface area contributed by atoms with Gasteiger partial charge in [0.2, 0.25) is 5.91 Å². The van der Waals surface area contributed by atoms with Crippen LogP contribution >= 0.6 is 0 Å². The summed E-state index contributed by atoms with van der Waals surface area (Å²) in [6.45, 7) is 10.7. The molecule has 0 spiro atoms. The molecule has 1 aromatic carbocycles. The summed E-state index contributed by atoms with van der Waals surface area (Å²) in [6.07, 6.45) is 3.83. The maximum atomic E-state index is 12.0. The summed E-state index contributed by atoms with van der Waals surface area (Å²) in [5.41, 5.74) is 0.780. The number of aromatic nitrogens is 2. The van der Waals surface area contributed by atoms with Crippen LogP contribution in [0.2, 0.25) is 0 Å². The molecule has 1 saturated heterocycles. The fourth-order valence-electron chi connectivity index (χ4n) is 3.98. The third-order valence-electron chi connectivity index (χ3n) is 5.43. The number of hydrogen-bond acceptors (Lipinski definition) is 4. The van der Waals surface area contributed by atoms with Crippen LogP contribution < -0.4 is 5.06 Å². The predicted octanol–water partition coefficient (Wildman–Crippen LogP) is 3.07. The molecule has 2 atom stereocenters. The molecular weight excluding hydrogens is 340 g/mol. The Balaban J connectivity index is 1.53. The second kappa shape index (κ2) is 9.15. The third-order valence-corrected chi connectivity index (χ3v) is 5.43. The van der Waals surface area contributed by atoms with Gasteiger partial charge in [-0.05, 0) is 36.0 Å². The van der Waals surface area contributed by atoms with Gasteiger partial charge in [0.25, 0.3) is 0 Å². The topological polar surface area (TPSA) is 50.6 Å². The van der Waals surface area contributed by atoms with Crippen LogP contribution in [0.4, 0.5) is 5.69 Å². The van der Waals surface area contributed by atoms with Gasteiger partial charge in [-0.1, -0.05) is 32.0 Å². The summed E-state index contributed by atoms with van der Waals surface area (Å²) in [6, 6.07) is 11.5. The van der Waals surface area contributed by atoms with E-state index < -0.39 is 0 Å². The lowest BCUT2D eigenvalue weighted by atomic mass is 9.80. The Labute approximate surface area is 161 Å². The van der Waals surface area contributed by atoms with E-state index in [-0.39, 0.29) is 5.91 Å². The van der Waals surface area contributed by atoms with Gasteiger partial charge in [-0.3, -0.25) is 14.3 Å². The maximum absolute atomic E-state index is 12.0. The Bertz CT molecular complexity index is 692. The van der Waals surface area contributed by atoms with Crippen LogP contribution in [0.3, 0.4) is 0 Å². The summed E-state index contributed by atoms with van der Waals surface area (Å²) in [5.74, 6) is 1.35. The van der Waals surface area contributed by atoms with Crippen molar-refractivity contribution in [1.29, 1.82) is 0 Å². The lowest BCUT2D eigenvalue weighted by molar-refractivity contribution is -0.125. The first-order chi connectivity index (χ1) is 13.0. The second-order valence-corrected chi connectivity index (χ2v) is 7.59. The smallest absolute Gasteiger partial charge is 0.247 e. The molecule has 146 valence electrons. The molecule has 0 aliphatic carbocycles. The monoisotopic (exact) mass is 370 g/mol. The van der Waals surface area contributed by atoms with E-state index >= 15 is 0 Å². The van der Waals surface area contributed by atoms with Gasteiger partial charge in [0.15, 0.2) is 0 Å². The van der Waals surface area contributed by atoms with Gasteiger partial charge in [-0.15, -0.1) is 0 Å². The van der Waals surface area contributed by atoms with Crippen LogP contribution in [-0.4, -0.2) is 46.8 Å². The fraction of sp³-hybridized carbons (Fsp3) is 0.524. The Kier molecular flexibility index (Phi) is 6.63. The minimum absolute atomic E-state index is 0.0989. The van der Waals surface area contributed by atoms with Crippen molar-refractivity contribution >= 4 is 11.6 Å². The minimum Gasteiger partial charge on any atom is -0.301 e. The van der Waals surface area contributed by atoms with Crippen molar-refractivity contribution in [3.05, 3.63) is 48.8 Å². The molecule has 0 saturated carbocycles. The van der Waals surface area contributed by atoms with Gasteiger partial charge < -0.3 is 4.90 Å². The van der Waals surface area contributed by atoms with Crippen molar-refractivity contribution in [3.8, 4) is 0 Å². The van der Waals surface area contributed by atoms with E-state index in [2.05, 4.69) is 23.8 Å². The number of benzene rings is 1. The minimum atomic E-state index is -0.0989. The average Bonchev–Trinajstić information content (AvgIpc) is 3.16. The molecule has 6 nitrogen and oxygen atoms in total. The first kappa shape index (κ1) is 19.6. The van der Waals surface area contributed by atoms with Gasteiger partial charge in [-0.25, -0.2) is 0 Å². The third kappa shape index (κ3) is 5.17. The standard InChI is InChI=1S/C21H30N4O2/c1-17-14-23(12-13-24-11-7-10-22-24)15-18(2)21(17)16-27-25(19(3)26)20-8-5-4-6-9-20/h4-11,17-18,21H,12-16H2,1-3H3. The number of carbonyl (C=O) groups is 1. The Morgan fingerprint density at radius 2 is 1.85 bits per heavy atom. The van der Waals surface area contributed by atoms with Crippen molar-refractivity contribution < 1.29 is 9.63 Å². The van der Waals surface area contributed by atoms with Crippen LogP contribution in [0.5, 0.6) is 0 Å². The Morgan fingerprint density at radius 1 is 1.15 bits per heavy atom. The van der Waals surface area contributed by atoms with Crippen molar-refractivity contribution in [1.82, 2.24) is 14.7 Å². The largest absolute Gasteiger partial charge is 0.301 e. The number of piperidine rings is 1. The molecule has 3 rings (SSSR count). The summed E-state index contributed by atoms with van der Waals surface area (Å²) >= 11 is 0. The number of anilines is 1. The molecule has 1 amide bonds. The zero-order valence-electron chi connectivity index (χ0n) is 16.5. The van der Waals surface area contributed by atoms with Crippen molar-refractivity contribution in [2.24, 2.45) is 17.8 Å². The van der Waals surface area contributed by atoms with Crippen LogP contribution in [0.1, 0.15) is 20.8 Å². The fourth-order valence-corrected chi connectivity index (χ4v) is 3.98. The molecule has 2 aromatic rings. The number of hydroxylamine groups is 1. The van der Waals surface area contributed by atoms with Crippen molar-refractivity contribution in [2.75, 3.05) is 31.3 Å². The van der Waals surface area contributed by atoms with Crippen LogP contribution in [-0.2, 0) is 16.2 Å². The molecule has 27 heavy (non-hydrogen) atoms. The normalized spacial score (nSPS) is 23.3. The van der Waals surface area contributed by atoms with Gasteiger partial charge in [0.05, 0.1) is 18.8 Å². The van der Waals surface area contributed by atoms with Crippen LogP contribution in [0, 0.1) is 17.8 Å². The molecule has 1 aliphatic heterocycles. The average molecular weight is 370 g/mol. The SMILES string of the molecule is CC(=O)N(OCC1C(C)CN(CCn2cccn2)CC1C)c1ccccc1. The molecule has 1 aromatic heterocycles. The highest BCUT2D eigenvalue weighted by atomic mass is 16.7. The molecule has 6 heteroatoms. The van der Waals surface area contributed by atoms with E-state index in [4.69, 9.17) is 4.84 Å². The molecule has 1 aliphatic rings. The van der Waals surface area contributed by atoms with Gasteiger partial charge >= 0.3 is 0 Å². The number of nitrogens with zero attached hydrogens (tertiary/aromatic N) is 4. The lowest BCUT2D eigenvalue weighted by Crippen LogP contribution is -2.47. The molecule has 0 bridgehead atoms. The van der Waals surface area contributed by atoms with Crippen LogP contribution in [0.15, 0.2) is 48.8 Å². The quantitative estimate of drug-likeness (QED) is 0.703. The van der Waals surface area contributed by atoms with Gasteiger partial charge in [0.1, 0.15) is 0 Å². The Morgan fingerprint density at radius 3 is 2.44 bits per heavy atom. The second-order valence-electron chi connectivity index (χ2n) is 7.59. The van der Waals surface area contributed by atoms with Gasteiger partial charge in [-0.2, -0.15) is 10.2 Å². The van der Waals surface area contributed by atoms with E-state index in [1.54, 1.807) is 0 Å². The number of amides is 1. The molecule has 1 fully saturated rings. The molecule has 2 unspecified atom stereocenters. The highest BCUT2D eigenvalue weighted by Crippen LogP contribution is 2.29. The highest BCUT2D eigenvalue weighted by molar-refractivity contribution is 5.89. The predicted molar refractivity (Wildman–Crippen MR) is 106 cm³/mol. The van der Waals surface area contributed by atoms with E-state index in [0.29, 0.717) is 24.4 Å². The molecule has 0 radical (unpaired) electrons. The van der Waals surface area contributed by atoms with Crippen LogP contribution in [0.25, 0.3) is 0 Å². The summed E-state index contributed by atoms with van der Waals surface area (Å²) < 4.78 is 1.98. The van der Waals surface area contributed by atoms with E-state index in [1.165, 1.54) is 12.0 Å². The van der Waals surface area contributed by atoms with E-state index in [0.717, 1.165) is 31.9 Å². The number of hydrogen-bond donors (Lipinski definition) is 0. The number of rotatable bonds is 7. The lowest BCUT2D eigenvalue weighted by Gasteiger charge is -2.41. The summed E-state index contributed by atoms with van der Waals surface area (Å²) in [7, 11) is 0. The number of para-hydroxylation sites is 1. The summed E-state index contributed by atoms with van der Waals surface area (Å²) in [4.78, 5) is 20.5. The molecule has 0 N–H and O–H groups in total. The maximum Gasteiger partial charge on any atom is 0.247 e. The highest BCUT2D eigenvalue weighted by Gasteiger charge is 2.32. The number of carbonyl (C=O) groups excluding carboxylic acids is 1. The zero-order valence-corrected chi connectivity index (χ0v) is 16.5. The Hall–Kier alpha value is -2.18. The van der Waals surface area contributed by atoms with E-state index in [9.17, 15) is 4.79 Å². The summed E-state index contributed by atoms with van der Waals surface area (Å²) in [5, 5.41) is 5.70. The van der Waals surface area contributed by atoms with Crippen molar-refractivity contribution in [3.63, 3.8) is 0 Å². The zero-order chi connectivity index (χ0) is 19.2.